The van der Waals surface area contributed by atoms with Crippen molar-refractivity contribution < 1.29 is 13.5 Å². The predicted octanol–water partition coefficient (Wildman–Crippen LogP) is 2.25. The van der Waals surface area contributed by atoms with Crippen molar-refractivity contribution in [1.29, 1.82) is 5.26 Å². The average Bonchev–Trinajstić information content (AvgIpc) is 2.99. The van der Waals surface area contributed by atoms with E-state index in [1.807, 2.05) is 0 Å². The summed E-state index contributed by atoms with van der Waals surface area (Å²) in [5.41, 5.74) is -0.0104. The van der Waals surface area contributed by atoms with E-state index in [1.165, 1.54) is 0 Å². The molecule has 2 aliphatic heterocycles. The zero-order valence-corrected chi connectivity index (χ0v) is 10.3. The van der Waals surface area contributed by atoms with Crippen molar-refractivity contribution in [3.8, 4) is 6.07 Å². The van der Waals surface area contributed by atoms with Crippen LogP contribution in [-0.2, 0) is 11.3 Å². The molecule has 0 amide bonds. The van der Waals surface area contributed by atoms with Gasteiger partial charge in [-0.05, 0) is 31.4 Å². The van der Waals surface area contributed by atoms with E-state index < -0.39 is 11.6 Å². The first kappa shape index (κ1) is 12.5. The van der Waals surface area contributed by atoms with Gasteiger partial charge >= 0.3 is 0 Å². The molecule has 1 aromatic carbocycles. The standard InChI is InChI=1S/C14H14F2N2O/c15-11-3-8(6-17)4-12(16)10(11)7-18-13-5-9-1-2-14(13)19-9/h3-4,9,13-14,18H,1-2,5,7H2. The Kier molecular flexibility index (Phi) is 3.21. The number of fused-ring (bicyclic) bond motifs is 2. The van der Waals surface area contributed by atoms with Gasteiger partial charge in [-0.1, -0.05) is 0 Å². The van der Waals surface area contributed by atoms with E-state index in [4.69, 9.17) is 10.00 Å². The summed E-state index contributed by atoms with van der Waals surface area (Å²) in [5, 5.41) is 11.8. The third kappa shape index (κ3) is 2.34. The second-order valence-electron chi connectivity index (χ2n) is 5.13. The molecular weight excluding hydrogens is 250 g/mol. The van der Waals surface area contributed by atoms with Crippen LogP contribution in [0, 0.1) is 23.0 Å². The van der Waals surface area contributed by atoms with E-state index in [-0.39, 0.29) is 29.8 Å². The maximum Gasteiger partial charge on any atom is 0.131 e. The van der Waals surface area contributed by atoms with E-state index in [2.05, 4.69) is 5.32 Å². The van der Waals surface area contributed by atoms with Crippen molar-refractivity contribution in [3.05, 3.63) is 34.9 Å². The minimum absolute atomic E-state index is 0.00186. The molecular formula is C14H14F2N2O. The summed E-state index contributed by atoms with van der Waals surface area (Å²) in [6, 6.07) is 4.04. The number of nitriles is 1. The minimum Gasteiger partial charge on any atom is -0.373 e. The van der Waals surface area contributed by atoms with Crippen molar-refractivity contribution in [2.75, 3.05) is 0 Å². The smallest absolute Gasteiger partial charge is 0.131 e. The van der Waals surface area contributed by atoms with Gasteiger partial charge in [-0.15, -0.1) is 0 Å². The maximum absolute atomic E-state index is 13.7. The van der Waals surface area contributed by atoms with Crippen LogP contribution in [-0.4, -0.2) is 18.2 Å². The van der Waals surface area contributed by atoms with Gasteiger partial charge in [0.2, 0.25) is 0 Å². The molecule has 2 saturated heterocycles. The van der Waals surface area contributed by atoms with E-state index >= 15 is 0 Å². The summed E-state index contributed by atoms with van der Waals surface area (Å²) >= 11 is 0. The molecule has 5 heteroatoms. The number of hydrogen-bond acceptors (Lipinski definition) is 3. The lowest BCUT2D eigenvalue weighted by Crippen LogP contribution is -2.37. The van der Waals surface area contributed by atoms with Crippen LogP contribution in [0.15, 0.2) is 12.1 Å². The molecule has 2 aliphatic rings. The van der Waals surface area contributed by atoms with E-state index in [1.54, 1.807) is 6.07 Å². The Hall–Kier alpha value is -1.51. The highest BCUT2D eigenvalue weighted by Crippen LogP contribution is 2.34. The van der Waals surface area contributed by atoms with Gasteiger partial charge in [0.1, 0.15) is 11.6 Å². The monoisotopic (exact) mass is 264 g/mol. The number of nitrogens with zero attached hydrogens (tertiary/aromatic N) is 1. The van der Waals surface area contributed by atoms with Gasteiger partial charge in [-0.2, -0.15) is 5.26 Å². The molecule has 1 aromatic rings. The number of nitrogens with one attached hydrogen (secondary N) is 1. The first-order valence-corrected chi connectivity index (χ1v) is 6.44. The molecule has 2 fully saturated rings. The molecule has 100 valence electrons. The lowest BCUT2D eigenvalue weighted by Gasteiger charge is -2.20. The Morgan fingerprint density at radius 3 is 2.58 bits per heavy atom. The molecule has 0 aliphatic carbocycles. The highest BCUT2D eigenvalue weighted by molar-refractivity contribution is 5.34. The number of benzene rings is 1. The van der Waals surface area contributed by atoms with E-state index in [0.29, 0.717) is 6.10 Å². The highest BCUT2D eigenvalue weighted by Gasteiger charge is 2.40. The number of hydrogen-bond donors (Lipinski definition) is 1. The predicted molar refractivity (Wildman–Crippen MR) is 64.2 cm³/mol. The van der Waals surface area contributed by atoms with Gasteiger partial charge in [0.25, 0.3) is 0 Å². The normalized spacial score (nSPS) is 28.6. The molecule has 1 N–H and O–H groups in total. The summed E-state index contributed by atoms with van der Waals surface area (Å²) in [5.74, 6) is -1.35. The van der Waals surface area contributed by atoms with E-state index in [9.17, 15) is 8.78 Å². The van der Waals surface area contributed by atoms with Gasteiger partial charge in [0, 0.05) is 18.2 Å². The molecule has 0 spiro atoms. The summed E-state index contributed by atoms with van der Waals surface area (Å²) in [7, 11) is 0. The molecule has 3 unspecified atom stereocenters. The topological polar surface area (TPSA) is 45.0 Å². The average molecular weight is 264 g/mol. The molecule has 0 aromatic heterocycles. The lowest BCUT2D eigenvalue weighted by atomic mass is 9.95. The zero-order valence-electron chi connectivity index (χ0n) is 10.3. The van der Waals surface area contributed by atoms with Crippen LogP contribution in [0.3, 0.4) is 0 Å². The first-order chi connectivity index (χ1) is 9.17. The molecule has 2 bridgehead atoms. The quantitative estimate of drug-likeness (QED) is 0.910. The zero-order chi connectivity index (χ0) is 13.4. The third-order valence-electron chi connectivity index (χ3n) is 3.92. The SMILES string of the molecule is N#Cc1cc(F)c(CNC2CC3CCC2O3)c(F)c1. The second-order valence-corrected chi connectivity index (χ2v) is 5.13. The minimum atomic E-state index is -0.673. The van der Waals surface area contributed by atoms with Gasteiger partial charge in [-0.25, -0.2) is 8.78 Å². The molecule has 0 saturated carbocycles. The Morgan fingerprint density at radius 1 is 1.32 bits per heavy atom. The summed E-state index contributed by atoms with van der Waals surface area (Å²) in [6.45, 7) is 0.126. The van der Waals surface area contributed by atoms with Crippen molar-refractivity contribution >= 4 is 0 Å². The first-order valence-electron chi connectivity index (χ1n) is 6.44. The Morgan fingerprint density at radius 2 is 2.05 bits per heavy atom. The maximum atomic E-state index is 13.7. The Bertz CT molecular complexity index is 518. The molecule has 3 rings (SSSR count). The Labute approximate surface area is 110 Å². The van der Waals surface area contributed by atoms with Crippen LogP contribution >= 0.6 is 0 Å². The fourth-order valence-corrected chi connectivity index (χ4v) is 2.92. The number of halogens is 2. The van der Waals surface area contributed by atoms with Gasteiger partial charge in [0.05, 0.1) is 23.8 Å². The molecule has 3 nitrogen and oxygen atoms in total. The van der Waals surface area contributed by atoms with E-state index in [0.717, 1.165) is 31.4 Å². The number of ether oxygens (including phenoxy) is 1. The summed E-state index contributed by atoms with van der Waals surface area (Å²) in [6.07, 6.45) is 3.49. The van der Waals surface area contributed by atoms with Crippen molar-refractivity contribution in [3.63, 3.8) is 0 Å². The van der Waals surface area contributed by atoms with Crippen LogP contribution in [0.4, 0.5) is 8.78 Å². The Balaban J connectivity index is 1.69. The van der Waals surface area contributed by atoms with Gasteiger partial charge in [-0.3, -0.25) is 0 Å². The van der Waals surface area contributed by atoms with Gasteiger partial charge in [0.15, 0.2) is 0 Å². The van der Waals surface area contributed by atoms with Crippen LogP contribution in [0.5, 0.6) is 0 Å². The van der Waals surface area contributed by atoms with Crippen LogP contribution in [0.1, 0.15) is 30.4 Å². The van der Waals surface area contributed by atoms with Crippen LogP contribution in [0.25, 0.3) is 0 Å². The molecule has 3 atom stereocenters. The summed E-state index contributed by atoms with van der Waals surface area (Å²) in [4.78, 5) is 0. The molecule has 2 heterocycles. The largest absolute Gasteiger partial charge is 0.373 e. The van der Waals surface area contributed by atoms with Crippen LogP contribution < -0.4 is 5.32 Å². The van der Waals surface area contributed by atoms with Crippen molar-refractivity contribution in [2.45, 2.75) is 44.1 Å². The third-order valence-corrected chi connectivity index (χ3v) is 3.92. The highest BCUT2D eigenvalue weighted by atomic mass is 19.1. The second kappa shape index (κ2) is 4.87. The molecule has 0 radical (unpaired) electrons. The summed E-state index contributed by atoms with van der Waals surface area (Å²) < 4.78 is 33.1. The van der Waals surface area contributed by atoms with Crippen LogP contribution in [0.2, 0.25) is 0 Å². The van der Waals surface area contributed by atoms with Crippen molar-refractivity contribution in [2.24, 2.45) is 0 Å². The molecule has 19 heavy (non-hydrogen) atoms. The van der Waals surface area contributed by atoms with Gasteiger partial charge < -0.3 is 10.1 Å². The lowest BCUT2D eigenvalue weighted by molar-refractivity contribution is 0.0972. The number of rotatable bonds is 3. The van der Waals surface area contributed by atoms with Crippen molar-refractivity contribution in [1.82, 2.24) is 5.32 Å². The fourth-order valence-electron chi connectivity index (χ4n) is 2.92. The fraction of sp³-hybridized carbons (Fsp3) is 0.500.